The molecule has 1 N–H and O–H groups in total. The van der Waals surface area contributed by atoms with Crippen LogP contribution in [0.3, 0.4) is 0 Å². The van der Waals surface area contributed by atoms with Crippen molar-refractivity contribution < 1.29 is 8.42 Å². The monoisotopic (exact) mass is 279 g/mol. The predicted molar refractivity (Wildman–Crippen MR) is 74.5 cm³/mol. The van der Waals surface area contributed by atoms with Gasteiger partial charge in [-0.25, -0.2) is 17.7 Å². The third kappa shape index (κ3) is 2.50. The summed E-state index contributed by atoms with van der Waals surface area (Å²) in [5.41, 5.74) is 2.02. The maximum atomic E-state index is 11.5. The van der Waals surface area contributed by atoms with Crippen molar-refractivity contribution >= 4 is 21.1 Å². The minimum absolute atomic E-state index is 0.324. The standard InChI is InChI=1S/C13H17N3O2S/c1-19(17,18)16-8-6-10(7-9-16)13-14-11-4-2-3-5-12(11)15-13/h2-5,10H,6-9H2,1H3,(H,14,15). The summed E-state index contributed by atoms with van der Waals surface area (Å²) in [5, 5.41) is 0. The Morgan fingerprint density at radius 3 is 2.58 bits per heavy atom. The van der Waals surface area contributed by atoms with Crippen molar-refractivity contribution in [3.63, 3.8) is 0 Å². The minimum atomic E-state index is -3.05. The molecule has 1 aromatic heterocycles. The van der Waals surface area contributed by atoms with E-state index in [9.17, 15) is 8.42 Å². The van der Waals surface area contributed by atoms with Crippen LogP contribution in [-0.2, 0) is 10.0 Å². The molecule has 102 valence electrons. The van der Waals surface area contributed by atoms with Gasteiger partial charge in [-0.2, -0.15) is 0 Å². The third-order valence-electron chi connectivity index (χ3n) is 3.72. The molecule has 1 saturated heterocycles. The van der Waals surface area contributed by atoms with E-state index in [1.165, 1.54) is 6.26 Å². The van der Waals surface area contributed by atoms with Gasteiger partial charge in [-0.3, -0.25) is 0 Å². The number of imidazole rings is 1. The number of sulfonamides is 1. The summed E-state index contributed by atoms with van der Waals surface area (Å²) in [4.78, 5) is 7.94. The van der Waals surface area contributed by atoms with Gasteiger partial charge in [0.15, 0.2) is 0 Å². The first-order chi connectivity index (χ1) is 9.04. The van der Waals surface area contributed by atoms with Gasteiger partial charge in [-0.05, 0) is 25.0 Å². The number of H-pyrrole nitrogens is 1. The fraction of sp³-hybridized carbons (Fsp3) is 0.462. The van der Waals surface area contributed by atoms with Crippen LogP contribution in [0.25, 0.3) is 11.0 Å². The van der Waals surface area contributed by atoms with Gasteiger partial charge in [0.2, 0.25) is 10.0 Å². The second-order valence-corrected chi connectivity index (χ2v) is 7.06. The Morgan fingerprint density at radius 2 is 1.95 bits per heavy atom. The first kappa shape index (κ1) is 12.6. The van der Waals surface area contributed by atoms with Gasteiger partial charge >= 0.3 is 0 Å². The topological polar surface area (TPSA) is 66.1 Å². The quantitative estimate of drug-likeness (QED) is 0.910. The SMILES string of the molecule is CS(=O)(=O)N1CCC(c2nc3ccccc3[nH]2)CC1. The minimum Gasteiger partial charge on any atom is -0.342 e. The highest BCUT2D eigenvalue weighted by molar-refractivity contribution is 7.88. The van der Waals surface area contributed by atoms with E-state index in [1.54, 1.807) is 4.31 Å². The molecule has 1 aromatic carbocycles. The lowest BCUT2D eigenvalue weighted by molar-refractivity contribution is 0.316. The zero-order valence-corrected chi connectivity index (χ0v) is 11.7. The highest BCUT2D eigenvalue weighted by atomic mass is 32.2. The Hall–Kier alpha value is -1.40. The molecule has 1 fully saturated rings. The van der Waals surface area contributed by atoms with Gasteiger partial charge in [0, 0.05) is 19.0 Å². The Kier molecular flexibility index (Phi) is 3.06. The lowest BCUT2D eigenvalue weighted by Crippen LogP contribution is -2.37. The zero-order valence-electron chi connectivity index (χ0n) is 10.8. The Balaban J connectivity index is 1.78. The smallest absolute Gasteiger partial charge is 0.211 e. The second kappa shape index (κ2) is 4.61. The Morgan fingerprint density at radius 1 is 1.26 bits per heavy atom. The molecule has 5 nitrogen and oxygen atoms in total. The third-order valence-corrected chi connectivity index (χ3v) is 5.02. The molecule has 19 heavy (non-hydrogen) atoms. The van der Waals surface area contributed by atoms with E-state index in [1.807, 2.05) is 24.3 Å². The van der Waals surface area contributed by atoms with Crippen LogP contribution in [0.4, 0.5) is 0 Å². The number of nitrogens with one attached hydrogen (secondary N) is 1. The molecule has 0 saturated carbocycles. The molecule has 1 aliphatic rings. The van der Waals surface area contributed by atoms with E-state index in [4.69, 9.17) is 0 Å². The number of piperidine rings is 1. The fourth-order valence-corrected chi connectivity index (χ4v) is 3.50. The summed E-state index contributed by atoms with van der Waals surface area (Å²) in [5.74, 6) is 1.31. The molecule has 3 rings (SSSR count). The largest absolute Gasteiger partial charge is 0.342 e. The van der Waals surface area contributed by atoms with Gasteiger partial charge in [0.1, 0.15) is 5.82 Å². The molecule has 0 radical (unpaired) electrons. The van der Waals surface area contributed by atoms with Crippen molar-refractivity contribution in [3.8, 4) is 0 Å². The molecule has 0 unspecified atom stereocenters. The molecular formula is C13H17N3O2S. The molecule has 0 amide bonds. The molecule has 0 bridgehead atoms. The number of benzene rings is 1. The fourth-order valence-electron chi connectivity index (χ4n) is 2.63. The summed E-state index contributed by atoms with van der Waals surface area (Å²) in [6.45, 7) is 1.17. The van der Waals surface area contributed by atoms with Crippen LogP contribution in [0.15, 0.2) is 24.3 Å². The van der Waals surface area contributed by atoms with Crippen molar-refractivity contribution in [2.24, 2.45) is 0 Å². The van der Waals surface area contributed by atoms with E-state index in [2.05, 4.69) is 9.97 Å². The van der Waals surface area contributed by atoms with Crippen molar-refractivity contribution in [3.05, 3.63) is 30.1 Å². The van der Waals surface area contributed by atoms with E-state index in [0.717, 1.165) is 29.7 Å². The number of hydrogen-bond acceptors (Lipinski definition) is 3. The van der Waals surface area contributed by atoms with Gasteiger partial charge in [0.25, 0.3) is 0 Å². The highest BCUT2D eigenvalue weighted by Gasteiger charge is 2.27. The van der Waals surface area contributed by atoms with Crippen LogP contribution < -0.4 is 0 Å². The summed E-state index contributed by atoms with van der Waals surface area (Å²) < 4.78 is 24.5. The van der Waals surface area contributed by atoms with E-state index in [-0.39, 0.29) is 0 Å². The maximum absolute atomic E-state index is 11.5. The second-order valence-electron chi connectivity index (χ2n) is 5.08. The number of aromatic amines is 1. The number of para-hydroxylation sites is 2. The van der Waals surface area contributed by atoms with Gasteiger partial charge in [0.05, 0.1) is 17.3 Å². The van der Waals surface area contributed by atoms with Crippen molar-refractivity contribution in [2.75, 3.05) is 19.3 Å². The van der Waals surface area contributed by atoms with Crippen LogP contribution in [0.1, 0.15) is 24.6 Å². The van der Waals surface area contributed by atoms with E-state index < -0.39 is 10.0 Å². The van der Waals surface area contributed by atoms with Crippen LogP contribution in [-0.4, -0.2) is 42.0 Å². The normalized spacial score (nSPS) is 19.0. The van der Waals surface area contributed by atoms with Gasteiger partial charge in [-0.15, -0.1) is 0 Å². The van der Waals surface area contributed by atoms with Crippen LogP contribution in [0, 0.1) is 0 Å². The lowest BCUT2D eigenvalue weighted by Gasteiger charge is -2.29. The molecular weight excluding hydrogens is 262 g/mol. The number of rotatable bonds is 2. The highest BCUT2D eigenvalue weighted by Crippen LogP contribution is 2.28. The number of nitrogens with zero attached hydrogens (tertiary/aromatic N) is 2. The Bertz CT molecular complexity index is 652. The molecule has 0 atom stereocenters. The lowest BCUT2D eigenvalue weighted by atomic mass is 9.97. The number of aromatic nitrogens is 2. The summed E-state index contributed by atoms with van der Waals surface area (Å²) in [6, 6.07) is 7.95. The van der Waals surface area contributed by atoms with Crippen LogP contribution >= 0.6 is 0 Å². The molecule has 0 spiro atoms. The summed E-state index contributed by atoms with van der Waals surface area (Å²) >= 11 is 0. The van der Waals surface area contributed by atoms with Crippen molar-refractivity contribution in [2.45, 2.75) is 18.8 Å². The molecule has 6 heteroatoms. The van der Waals surface area contributed by atoms with Gasteiger partial charge < -0.3 is 4.98 Å². The average molecular weight is 279 g/mol. The zero-order chi connectivity index (χ0) is 13.5. The number of fused-ring (bicyclic) bond motifs is 1. The average Bonchev–Trinajstić information content (AvgIpc) is 2.81. The van der Waals surface area contributed by atoms with Crippen molar-refractivity contribution in [1.29, 1.82) is 0 Å². The predicted octanol–water partition coefficient (Wildman–Crippen LogP) is 1.70. The molecule has 2 aromatic rings. The molecule has 2 heterocycles. The first-order valence-corrected chi connectivity index (χ1v) is 8.28. The molecule has 0 aliphatic carbocycles. The van der Waals surface area contributed by atoms with E-state index in [0.29, 0.717) is 19.0 Å². The molecule has 1 aliphatic heterocycles. The van der Waals surface area contributed by atoms with E-state index >= 15 is 0 Å². The Labute approximate surface area is 112 Å². The maximum Gasteiger partial charge on any atom is 0.211 e. The number of hydrogen-bond donors (Lipinski definition) is 1. The summed E-state index contributed by atoms with van der Waals surface area (Å²) in [6.07, 6.45) is 2.92. The first-order valence-electron chi connectivity index (χ1n) is 6.44. The van der Waals surface area contributed by atoms with Crippen molar-refractivity contribution in [1.82, 2.24) is 14.3 Å². The van der Waals surface area contributed by atoms with Crippen LogP contribution in [0.2, 0.25) is 0 Å². The van der Waals surface area contributed by atoms with Gasteiger partial charge in [-0.1, -0.05) is 12.1 Å². The summed E-state index contributed by atoms with van der Waals surface area (Å²) in [7, 11) is -3.05. The van der Waals surface area contributed by atoms with Crippen LogP contribution in [0.5, 0.6) is 0 Å².